The van der Waals surface area contributed by atoms with Crippen LogP contribution < -0.4 is 0 Å². The standard InChI is InChI=1S/C16H13NO4/c1-4-10-14(12(18)5-2)8(3)11-6-9(17-21)7-13(19)15(11)16(10)20/h4-7,18-19H,1,3H2,2H3/b12-5+. The molecule has 0 aliphatic heterocycles. The molecule has 1 aliphatic rings. The number of phenols is 1. The molecule has 0 saturated carbocycles. The van der Waals surface area contributed by atoms with Gasteiger partial charge in [-0.15, -0.1) is 4.91 Å². The van der Waals surface area contributed by atoms with Gasteiger partial charge in [0.05, 0.1) is 5.56 Å². The summed E-state index contributed by atoms with van der Waals surface area (Å²) in [6.45, 7) is 9.01. The number of hydrogen-bond acceptors (Lipinski definition) is 5. The number of phenolic OH excluding ortho intramolecular Hbond substituents is 1. The minimum Gasteiger partial charge on any atom is -0.508 e. The van der Waals surface area contributed by atoms with Crippen molar-refractivity contribution < 1.29 is 15.0 Å². The molecule has 0 atom stereocenters. The highest BCUT2D eigenvalue weighted by molar-refractivity contribution is 6.21. The summed E-state index contributed by atoms with van der Waals surface area (Å²) in [5, 5.41) is 22.7. The van der Waals surface area contributed by atoms with Crippen molar-refractivity contribution in [2.75, 3.05) is 0 Å². The van der Waals surface area contributed by atoms with Gasteiger partial charge in [0.2, 0.25) is 0 Å². The summed E-state index contributed by atoms with van der Waals surface area (Å²) in [5.74, 6) is -0.977. The minimum absolute atomic E-state index is 0.0231. The van der Waals surface area contributed by atoms with Crippen LogP contribution >= 0.6 is 0 Å². The molecule has 5 heteroatoms. The number of hydrogen-bond donors (Lipinski definition) is 2. The Bertz CT molecular complexity index is 754. The lowest BCUT2D eigenvalue weighted by atomic mass is 9.80. The molecule has 0 radical (unpaired) electrons. The molecule has 0 spiro atoms. The Balaban J connectivity index is 2.85. The molecular formula is C16H13NO4. The van der Waals surface area contributed by atoms with E-state index in [4.69, 9.17) is 0 Å². The van der Waals surface area contributed by atoms with Crippen LogP contribution in [0.1, 0.15) is 22.8 Å². The fourth-order valence-electron chi connectivity index (χ4n) is 2.32. The maximum absolute atomic E-state index is 12.5. The number of nitroso groups, excluding NO2 is 1. The number of benzene rings is 1. The Labute approximate surface area is 121 Å². The van der Waals surface area contributed by atoms with Gasteiger partial charge in [-0.05, 0) is 35.4 Å². The van der Waals surface area contributed by atoms with Gasteiger partial charge in [0.1, 0.15) is 17.2 Å². The Hall–Kier alpha value is -2.95. The van der Waals surface area contributed by atoms with Gasteiger partial charge in [-0.2, -0.15) is 0 Å². The lowest BCUT2D eigenvalue weighted by molar-refractivity contribution is 0.103. The van der Waals surface area contributed by atoms with Crippen LogP contribution in [0.15, 0.2) is 59.5 Å². The van der Waals surface area contributed by atoms with Crippen molar-refractivity contribution >= 4 is 17.0 Å². The summed E-state index contributed by atoms with van der Waals surface area (Å²) in [7, 11) is 0. The highest BCUT2D eigenvalue weighted by atomic mass is 16.3. The second-order valence-corrected chi connectivity index (χ2v) is 4.45. The molecule has 0 bridgehead atoms. The average Bonchev–Trinajstić information content (AvgIpc) is 2.48. The zero-order chi connectivity index (χ0) is 15.7. The third-order valence-corrected chi connectivity index (χ3v) is 3.31. The number of allylic oxidation sites excluding steroid dienone is 4. The van der Waals surface area contributed by atoms with Crippen LogP contribution in [0, 0.1) is 4.91 Å². The molecule has 0 unspecified atom stereocenters. The second kappa shape index (κ2) is 5.20. The maximum atomic E-state index is 12.5. The van der Waals surface area contributed by atoms with Crippen molar-refractivity contribution in [1.82, 2.24) is 0 Å². The summed E-state index contributed by atoms with van der Waals surface area (Å²) >= 11 is 0. The van der Waals surface area contributed by atoms with E-state index >= 15 is 0 Å². The van der Waals surface area contributed by atoms with Gasteiger partial charge in [0.25, 0.3) is 0 Å². The summed E-state index contributed by atoms with van der Waals surface area (Å²) < 4.78 is 0. The highest BCUT2D eigenvalue weighted by Gasteiger charge is 2.31. The van der Waals surface area contributed by atoms with Crippen LogP contribution in [0.2, 0.25) is 0 Å². The number of nitrogens with zero attached hydrogens (tertiary/aromatic N) is 1. The molecule has 0 heterocycles. The topological polar surface area (TPSA) is 87.0 Å². The quantitative estimate of drug-likeness (QED) is 0.649. The van der Waals surface area contributed by atoms with Crippen molar-refractivity contribution in [3.05, 3.63) is 70.4 Å². The monoisotopic (exact) mass is 283 g/mol. The van der Waals surface area contributed by atoms with E-state index in [1.165, 1.54) is 18.2 Å². The van der Waals surface area contributed by atoms with Gasteiger partial charge < -0.3 is 10.2 Å². The Kier molecular flexibility index (Phi) is 3.58. The van der Waals surface area contributed by atoms with E-state index < -0.39 is 5.78 Å². The number of Topliss-reactive ketones (excluding diaryl/α,β-unsaturated/α-hetero) is 1. The summed E-state index contributed by atoms with van der Waals surface area (Å²) in [4.78, 5) is 23.1. The van der Waals surface area contributed by atoms with Gasteiger partial charge in [-0.1, -0.05) is 19.2 Å². The average molecular weight is 283 g/mol. The van der Waals surface area contributed by atoms with Gasteiger partial charge in [-0.3, -0.25) is 4.79 Å². The second-order valence-electron chi connectivity index (χ2n) is 4.45. The first-order valence-electron chi connectivity index (χ1n) is 6.13. The highest BCUT2D eigenvalue weighted by Crippen LogP contribution is 2.42. The zero-order valence-electron chi connectivity index (χ0n) is 11.4. The first-order chi connectivity index (χ1) is 9.96. The number of aromatic hydroxyl groups is 1. The van der Waals surface area contributed by atoms with E-state index in [-0.39, 0.29) is 39.5 Å². The van der Waals surface area contributed by atoms with E-state index in [1.54, 1.807) is 6.92 Å². The van der Waals surface area contributed by atoms with Gasteiger partial charge in [-0.25, -0.2) is 0 Å². The molecule has 5 nitrogen and oxygen atoms in total. The van der Waals surface area contributed by atoms with Crippen LogP contribution in [-0.2, 0) is 0 Å². The van der Waals surface area contributed by atoms with Crippen molar-refractivity contribution in [3.8, 4) is 5.75 Å². The first-order valence-corrected chi connectivity index (χ1v) is 6.13. The van der Waals surface area contributed by atoms with Gasteiger partial charge in [0.15, 0.2) is 5.78 Å². The minimum atomic E-state index is -0.495. The SMILES string of the molecule is C=CC1=C(/C(O)=C\C)C(=C)c2cc(N=O)cc(O)c2C1=O. The molecule has 2 rings (SSSR count). The van der Waals surface area contributed by atoms with E-state index in [2.05, 4.69) is 18.3 Å². The Morgan fingerprint density at radius 2 is 2.05 bits per heavy atom. The number of carbonyl (C=O) groups is 1. The molecule has 1 aliphatic carbocycles. The number of ketones is 1. The number of rotatable bonds is 3. The zero-order valence-corrected chi connectivity index (χ0v) is 11.4. The van der Waals surface area contributed by atoms with Crippen LogP contribution in [-0.4, -0.2) is 16.0 Å². The van der Waals surface area contributed by atoms with Crippen molar-refractivity contribution in [1.29, 1.82) is 0 Å². The van der Waals surface area contributed by atoms with Gasteiger partial charge >= 0.3 is 0 Å². The largest absolute Gasteiger partial charge is 0.508 e. The van der Waals surface area contributed by atoms with Crippen molar-refractivity contribution in [2.24, 2.45) is 5.18 Å². The maximum Gasteiger partial charge on any atom is 0.198 e. The molecule has 2 N–H and O–H groups in total. The first kappa shape index (κ1) is 14.5. The Morgan fingerprint density at radius 1 is 1.38 bits per heavy atom. The third kappa shape index (κ3) is 2.08. The van der Waals surface area contributed by atoms with Crippen molar-refractivity contribution in [2.45, 2.75) is 6.92 Å². The molecule has 0 amide bonds. The fraction of sp³-hybridized carbons (Fsp3) is 0.0625. The van der Waals surface area contributed by atoms with Crippen LogP contribution in [0.3, 0.4) is 0 Å². The van der Waals surface area contributed by atoms with Crippen molar-refractivity contribution in [3.63, 3.8) is 0 Å². The molecule has 1 aromatic rings. The van der Waals surface area contributed by atoms with E-state index in [0.29, 0.717) is 5.57 Å². The molecule has 106 valence electrons. The van der Waals surface area contributed by atoms with E-state index in [9.17, 15) is 19.9 Å². The number of aliphatic hydroxyl groups is 1. The molecule has 0 fully saturated rings. The summed E-state index contributed by atoms with van der Waals surface area (Å²) in [6, 6.07) is 2.46. The van der Waals surface area contributed by atoms with Crippen LogP contribution in [0.25, 0.3) is 5.57 Å². The van der Waals surface area contributed by atoms with Crippen LogP contribution in [0.4, 0.5) is 5.69 Å². The third-order valence-electron chi connectivity index (χ3n) is 3.31. The molecule has 1 aromatic carbocycles. The Morgan fingerprint density at radius 3 is 2.57 bits per heavy atom. The number of carbonyl (C=O) groups excluding carboxylic acids is 1. The molecule has 21 heavy (non-hydrogen) atoms. The van der Waals surface area contributed by atoms with Gasteiger partial charge in [0, 0.05) is 17.2 Å². The number of fused-ring (bicyclic) bond motifs is 1. The number of aliphatic hydroxyl groups excluding tert-OH is 1. The molecule has 0 saturated heterocycles. The fourth-order valence-corrected chi connectivity index (χ4v) is 2.32. The summed E-state index contributed by atoms with van der Waals surface area (Å²) in [6.07, 6.45) is 2.72. The van der Waals surface area contributed by atoms with Crippen LogP contribution in [0.5, 0.6) is 5.75 Å². The molecule has 0 aromatic heterocycles. The van der Waals surface area contributed by atoms with E-state index in [0.717, 1.165) is 6.07 Å². The predicted molar refractivity (Wildman–Crippen MR) is 80.5 cm³/mol. The normalized spacial score (nSPS) is 15.0. The smallest absolute Gasteiger partial charge is 0.198 e. The lowest BCUT2D eigenvalue weighted by Gasteiger charge is -2.23. The summed E-state index contributed by atoms with van der Waals surface area (Å²) in [5.41, 5.74) is 0.952. The van der Waals surface area contributed by atoms with E-state index in [1.807, 2.05) is 0 Å². The predicted octanol–water partition coefficient (Wildman–Crippen LogP) is 3.94. The molecular weight excluding hydrogens is 270 g/mol. The lowest BCUT2D eigenvalue weighted by Crippen LogP contribution is -2.15.